The summed E-state index contributed by atoms with van der Waals surface area (Å²) in [6, 6.07) is 12.5. The van der Waals surface area contributed by atoms with E-state index in [1.165, 1.54) is 0 Å². The molecule has 0 saturated heterocycles. The molecule has 2 aromatic rings. The summed E-state index contributed by atoms with van der Waals surface area (Å²) in [5, 5.41) is 0.894. The van der Waals surface area contributed by atoms with Gasteiger partial charge >= 0.3 is 0 Å². The zero-order valence-electron chi connectivity index (χ0n) is 15.9. The van der Waals surface area contributed by atoms with Crippen molar-refractivity contribution < 1.29 is 12.8 Å². The lowest BCUT2D eigenvalue weighted by Gasteiger charge is -2.21. The first kappa shape index (κ1) is 18.4. The van der Waals surface area contributed by atoms with Crippen LogP contribution in [-0.4, -0.2) is 32.7 Å². The minimum atomic E-state index is -3.81. The second-order valence-corrected chi connectivity index (χ2v) is 8.64. The normalized spacial score (nSPS) is 12.1. The van der Waals surface area contributed by atoms with Crippen LogP contribution >= 0.6 is 0 Å². The van der Waals surface area contributed by atoms with Gasteiger partial charge in [0.1, 0.15) is 11.2 Å². The zero-order chi connectivity index (χ0) is 20.1. The lowest BCUT2D eigenvalue weighted by atomic mass is 10.0. The third kappa shape index (κ3) is 2.82. The average molecular weight is 396 g/mol. The van der Waals surface area contributed by atoms with Gasteiger partial charge in [0.2, 0.25) is 5.43 Å². The van der Waals surface area contributed by atoms with Crippen molar-refractivity contribution >= 4 is 37.4 Å². The summed E-state index contributed by atoms with van der Waals surface area (Å²) in [5.41, 5.74) is 1.81. The molecule has 144 valence electrons. The molecule has 0 amide bonds. The Labute approximate surface area is 162 Å². The minimum Gasteiger partial charge on any atom is -0.451 e. The fraction of sp³-hybridized carbons (Fsp3) is 0.238. The molecule has 0 N–H and O–H groups in total. The van der Waals surface area contributed by atoms with Crippen LogP contribution in [0.1, 0.15) is 13.8 Å². The Morgan fingerprint density at radius 2 is 1.71 bits per heavy atom. The van der Waals surface area contributed by atoms with Crippen LogP contribution in [-0.2, 0) is 9.84 Å². The Hall–Kier alpha value is -2.93. The van der Waals surface area contributed by atoms with Crippen LogP contribution in [0.4, 0.5) is 5.69 Å². The molecule has 1 heterocycles. The molecule has 4 rings (SSSR count). The largest absolute Gasteiger partial charge is 0.451 e. The molecule has 6 nitrogen and oxygen atoms in total. The second-order valence-electron chi connectivity index (χ2n) is 6.69. The van der Waals surface area contributed by atoms with Crippen LogP contribution in [0.25, 0.3) is 33.3 Å². The van der Waals surface area contributed by atoms with E-state index in [-0.39, 0.29) is 10.7 Å². The molecule has 0 bridgehead atoms. The molecule has 1 aliphatic carbocycles. The van der Waals surface area contributed by atoms with Crippen LogP contribution in [0.2, 0.25) is 0 Å². The summed E-state index contributed by atoms with van der Waals surface area (Å²) in [4.78, 5) is 19.4. The molecular formula is C21H20N2O4S. The first-order chi connectivity index (χ1) is 13.3. The number of rotatable bonds is 4. The monoisotopic (exact) mass is 396 g/mol. The predicted molar refractivity (Wildman–Crippen MR) is 111 cm³/mol. The Morgan fingerprint density at radius 3 is 2.36 bits per heavy atom. The molecule has 0 radical (unpaired) electrons. The van der Waals surface area contributed by atoms with E-state index in [2.05, 4.69) is 23.7 Å². The SMILES string of the molecule is CCN(CC)c1ccc2nc3c4ccccc4c(=O)c(S(C)(=O)=O)c-3oc2c1. The minimum absolute atomic E-state index is 0.00963. The number of anilines is 1. The highest BCUT2D eigenvalue weighted by atomic mass is 32.2. The third-order valence-electron chi connectivity index (χ3n) is 4.94. The van der Waals surface area contributed by atoms with E-state index >= 15 is 0 Å². The van der Waals surface area contributed by atoms with E-state index < -0.39 is 15.3 Å². The Morgan fingerprint density at radius 1 is 1.04 bits per heavy atom. The number of benzene rings is 3. The van der Waals surface area contributed by atoms with Crippen LogP contribution in [0.15, 0.2) is 56.6 Å². The lowest BCUT2D eigenvalue weighted by Crippen LogP contribution is -2.21. The van der Waals surface area contributed by atoms with Crippen molar-refractivity contribution in [3.05, 3.63) is 52.7 Å². The van der Waals surface area contributed by atoms with Gasteiger partial charge in [0.15, 0.2) is 26.1 Å². The van der Waals surface area contributed by atoms with Crippen molar-refractivity contribution in [1.29, 1.82) is 0 Å². The second kappa shape index (κ2) is 6.60. The number of hydrogen-bond donors (Lipinski definition) is 0. The highest BCUT2D eigenvalue weighted by Gasteiger charge is 2.28. The van der Waals surface area contributed by atoms with Gasteiger partial charge in [-0.05, 0) is 26.0 Å². The summed E-state index contributed by atoms with van der Waals surface area (Å²) in [6.45, 7) is 5.77. The van der Waals surface area contributed by atoms with Gasteiger partial charge < -0.3 is 9.32 Å². The number of fused-ring (bicyclic) bond motifs is 4. The molecule has 2 aliphatic rings. The van der Waals surface area contributed by atoms with Gasteiger partial charge in [-0.2, -0.15) is 0 Å². The Bertz CT molecular complexity index is 1340. The first-order valence-electron chi connectivity index (χ1n) is 9.09. The highest BCUT2D eigenvalue weighted by Crippen LogP contribution is 2.35. The van der Waals surface area contributed by atoms with Gasteiger partial charge in [0.25, 0.3) is 0 Å². The summed E-state index contributed by atoms with van der Waals surface area (Å²) < 4.78 is 30.8. The standard InChI is InChI=1S/C21H20N2O4S/c1-4-23(5-2)13-10-11-16-17(12-13)27-20-18(22-16)14-8-6-7-9-15(14)19(24)21(20)28(3,25)26/h6-12H,4-5H2,1-3H3. The fourth-order valence-electron chi connectivity index (χ4n) is 3.58. The zero-order valence-corrected chi connectivity index (χ0v) is 16.7. The fourth-order valence-corrected chi connectivity index (χ4v) is 4.50. The maximum Gasteiger partial charge on any atom is 0.209 e. The predicted octanol–water partition coefficient (Wildman–Crippen LogP) is 3.70. The molecule has 0 atom stereocenters. The van der Waals surface area contributed by atoms with Crippen LogP contribution in [0.5, 0.6) is 0 Å². The van der Waals surface area contributed by atoms with E-state index in [9.17, 15) is 13.2 Å². The number of sulfone groups is 1. The quantitative estimate of drug-likeness (QED) is 0.387. The molecule has 0 unspecified atom stereocenters. The third-order valence-corrected chi connectivity index (χ3v) is 6.05. The first-order valence-corrected chi connectivity index (χ1v) is 11.0. The highest BCUT2D eigenvalue weighted by molar-refractivity contribution is 7.90. The van der Waals surface area contributed by atoms with Crippen LogP contribution < -0.4 is 10.3 Å². The van der Waals surface area contributed by atoms with E-state index in [1.54, 1.807) is 24.3 Å². The van der Waals surface area contributed by atoms with Crippen molar-refractivity contribution in [2.24, 2.45) is 0 Å². The van der Waals surface area contributed by atoms with E-state index in [1.807, 2.05) is 18.2 Å². The molecule has 7 heteroatoms. The van der Waals surface area contributed by atoms with E-state index in [0.29, 0.717) is 27.6 Å². The van der Waals surface area contributed by atoms with Gasteiger partial charge in [0, 0.05) is 41.9 Å². The maximum atomic E-state index is 12.9. The van der Waals surface area contributed by atoms with Crippen molar-refractivity contribution in [3.8, 4) is 11.5 Å². The summed E-state index contributed by atoms with van der Waals surface area (Å²) in [5.74, 6) is 0.00963. The molecule has 0 fully saturated rings. The average Bonchev–Trinajstić information content (AvgIpc) is 2.67. The van der Waals surface area contributed by atoms with Gasteiger partial charge in [-0.15, -0.1) is 0 Å². The van der Waals surface area contributed by atoms with E-state index in [4.69, 9.17) is 4.42 Å². The van der Waals surface area contributed by atoms with E-state index in [0.717, 1.165) is 25.0 Å². The molecule has 0 aromatic heterocycles. The topological polar surface area (TPSA) is 80.5 Å². The maximum absolute atomic E-state index is 12.9. The summed E-state index contributed by atoms with van der Waals surface area (Å²) in [7, 11) is -3.81. The molecule has 1 aliphatic heterocycles. The van der Waals surface area contributed by atoms with Crippen molar-refractivity contribution in [2.45, 2.75) is 18.7 Å². The molecule has 28 heavy (non-hydrogen) atoms. The molecule has 2 aromatic carbocycles. The molecular weight excluding hydrogens is 376 g/mol. The Kier molecular flexibility index (Phi) is 4.34. The smallest absolute Gasteiger partial charge is 0.209 e. The van der Waals surface area contributed by atoms with Crippen molar-refractivity contribution in [3.63, 3.8) is 0 Å². The molecule has 0 spiro atoms. The number of aromatic nitrogens is 1. The van der Waals surface area contributed by atoms with Crippen molar-refractivity contribution in [2.75, 3.05) is 24.2 Å². The van der Waals surface area contributed by atoms with Crippen molar-refractivity contribution in [1.82, 2.24) is 4.98 Å². The van der Waals surface area contributed by atoms with Gasteiger partial charge in [0.05, 0.1) is 0 Å². The van der Waals surface area contributed by atoms with Gasteiger partial charge in [-0.25, -0.2) is 13.4 Å². The summed E-state index contributed by atoms with van der Waals surface area (Å²) in [6.07, 6.45) is 1.02. The Balaban J connectivity index is 2.17. The van der Waals surface area contributed by atoms with Gasteiger partial charge in [-0.1, -0.05) is 24.3 Å². The number of hydrogen-bond acceptors (Lipinski definition) is 6. The van der Waals surface area contributed by atoms with Crippen LogP contribution in [0.3, 0.4) is 0 Å². The van der Waals surface area contributed by atoms with Crippen LogP contribution in [0, 0.1) is 0 Å². The summed E-state index contributed by atoms with van der Waals surface area (Å²) >= 11 is 0. The number of nitrogens with zero attached hydrogens (tertiary/aromatic N) is 2. The lowest BCUT2D eigenvalue weighted by molar-refractivity contribution is 0.580. The molecule has 0 saturated carbocycles. The van der Waals surface area contributed by atoms with Gasteiger partial charge in [-0.3, -0.25) is 4.79 Å².